The van der Waals surface area contributed by atoms with Crippen molar-refractivity contribution in [3.8, 4) is 11.1 Å². The van der Waals surface area contributed by atoms with Gasteiger partial charge in [-0.05, 0) is 0 Å². The van der Waals surface area contributed by atoms with Crippen LogP contribution in [-0.4, -0.2) is 5.92 Å². The van der Waals surface area contributed by atoms with Crippen LogP contribution in [-0.2, 0) is 21.0 Å². The van der Waals surface area contributed by atoms with Crippen LogP contribution in [0.1, 0.15) is 138 Å². The molecule has 0 saturated heterocycles. The van der Waals surface area contributed by atoms with Gasteiger partial charge in [-0.3, -0.25) is 0 Å². The summed E-state index contributed by atoms with van der Waals surface area (Å²) in [6.07, 6.45) is 20.3. The molecule has 0 aromatic heterocycles. The first-order valence-corrected chi connectivity index (χ1v) is 36.7. The third-order valence-corrected chi connectivity index (χ3v) is 67.4. The number of fused-ring (bicyclic) bond motifs is 2. The molecule has 0 amide bonds. The topological polar surface area (TPSA) is 0 Å². The molecule has 10 rings (SSSR count). The quantitative estimate of drug-likeness (QED) is 0.199. The standard InChI is InChI=1S/C26H27.C18H23.C2H7Si.2ClH.Zr/c1-17-9-22-3-2-4-24(25(22)10-17)21-5-7-23(8-6-21)26-14-18-11-19(15-26)13-20(12-18)16-26;1-3-13(2)17-10-6-9-15-11-16(12-18(15)17)14-7-4-5-8-14;1-3-2;;;/h2-10,18-20H,11-16H2,1H3;6,9-14H,3-5,7-8H2,1-2H3;3H,1-2H3;2*1H;/q;;;;;+2/p-2. The molecule has 3 atom stereocenters. The Labute approximate surface area is 311 Å². The first-order chi connectivity index (χ1) is 24.0. The van der Waals surface area contributed by atoms with Crippen LogP contribution in [0.5, 0.6) is 0 Å². The maximum absolute atomic E-state index is 8.76. The molecule has 0 N–H and O–H groups in total. The molecule has 0 aliphatic heterocycles. The van der Waals surface area contributed by atoms with Crippen LogP contribution >= 0.6 is 17.0 Å². The van der Waals surface area contributed by atoms with E-state index in [1.54, 1.807) is 11.1 Å². The van der Waals surface area contributed by atoms with Crippen molar-refractivity contribution in [1.82, 2.24) is 0 Å². The zero-order valence-electron chi connectivity index (χ0n) is 31.1. The normalized spacial score (nSPS) is 31.4. The third-order valence-electron chi connectivity index (χ3n) is 15.4. The van der Waals surface area contributed by atoms with E-state index in [2.05, 4.69) is 107 Å². The molecule has 0 radical (unpaired) electrons. The van der Waals surface area contributed by atoms with Gasteiger partial charge in [-0.15, -0.1) is 0 Å². The molecule has 3 aromatic carbocycles. The van der Waals surface area contributed by atoms with E-state index in [4.69, 9.17) is 17.0 Å². The number of halogens is 2. The Morgan fingerprint density at radius 3 is 1.98 bits per heavy atom. The minimum absolute atomic E-state index is 0.153. The molecule has 7 aliphatic carbocycles. The van der Waals surface area contributed by atoms with Gasteiger partial charge in [0.25, 0.3) is 0 Å². The van der Waals surface area contributed by atoms with E-state index in [9.17, 15) is 0 Å². The van der Waals surface area contributed by atoms with E-state index in [1.807, 2.05) is 0 Å². The Morgan fingerprint density at radius 2 is 1.38 bits per heavy atom. The van der Waals surface area contributed by atoms with Crippen molar-refractivity contribution in [2.45, 2.75) is 123 Å². The summed E-state index contributed by atoms with van der Waals surface area (Å²) in [6.45, 7) is 12.1. The SMILES string of the molecule is CCC(C)c1cccc2c1C=C(C1CCCC1)[CH]2[Zr]([Cl])([Cl])([CH]1C(C)=Cc2c(-c3ccc(C45CC6CC(CC(C6)C4)C5)cc3)cccc21)[SiH](C)C. The van der Waals surface area contributed by atoms with Gasteiger partial charge in [0, 0.05) is 0 Å². The van der Waals surface area contributed by atoms with Gasteiger partial charge in [0.2, 0.25) is 0 Å². The van der Waals surface area contributed by atoms with Crippen LogP contribution in [0.25, 0.3) is 23.3 Å². The Bertz CT molecular complexity index is 1860. The first-order valence-electron chi connectivity index (χ1n) is 20.3. The second-order valence-corrected chi connectivity index (χ2v) is 61.0. The molecule has 0 spiro atoms. The number of benzene rings is 3. The van der Waals surface area contributed by atoms with Gasteiger partial charge < -0.3 is 0 Å². The molecule has 4 bridgehead atoms. The van der Waals surface area contributed by atoms with Gasteiger partial charge in [0.1, 0.15) is 0 Å². The van der Waals surface area contributed by atoms with Crippen LogP contribution in [0, 0.1) is 23.7 Å². The minimum atomic E-state index is -4.76. The van der Waals surface area contributed by atoms with Gasteiger partial charge in [-0.25, -0.2) is 0 Å². The summed E-state index contributed by atoms with van der Waals surface area (Å²) in [5.74, 6) is 2.47. The van der Waals surface area contributed by atoms with Crippen molar-refractivity contribution in [1.29, 1.82) is 0 Å². The molecule has 50 heavy (non-hydrogen) atoms. The average molecular weight is 800 g/mol. The molecule has 3 aromatic rings. The summed E-state index contributed by atoms with van der Waals surface area (Å²) in [7, 11) is 17.5. The monoisotopic (exact) mass is 797 g/mol. The Kier molecular flexibility index (Phi) is 8.60. The van der Waals surface area contributed by atoms with E-state index in [0.717, 1.165) is 24.2 Å². The molecular weight excluding hydrogens is 743 g/mol. The number of allylic oxidation sites excluding steroid dienone is 2. The molecule has 5 saturated carbocycles. The van der Waals surface area contributed by atoms with E-state index >= 15 is 0 Å². The molecule has 4 heteroatoms. The van der Waals surface area contributed by atoms with Crippen molar-refractivity contribution in [2.75, 3.05) is 0 Å². The number of hydrogen-bond acceptors (Lipinski definition) is 0. The fourth-order valence-electron chi connectivity index (χ4n) is 13.2. The van der Waals surface area contributed by atoms with Crippen LogP contribution in [0.2, 0.25) is 13.1 Å². The van der Waals surface area contributed by atoms with Gasteiger partial charge >= 0.3 is 314 Å². The number of rotatable bonds is 8. The van der Waals surface area contributed by atoms with E-state index < -0.39 is 21.5 Å². The van der Waals surface area contributed by atoms with Gasteiger partial charge in [-0.1, -0.05) is 0 Å². The van der Waals surface area contributed by atoms with E-state index in [-0.39, 0.29) is 7.25 Å². The summed E-state index contributed by atoms with van der Waals surface area (Å²) in [4.78, 5) is 0. The zero-order chi connectivity index (χ0) is 34.6. The summed E-state index contributed by atoms with van der Waals surface area (Å²) < 4.78 is 0.358. The van der Waals surface area contributed by atoms with E-state index in [0.29, 0.717) is 17.3 Å². The van der Waals surface area contributed by atoms with Crippen molar-refractivity contribution >= 4 is 35.1 Å². The zero-order valence-corrected chi connectivity index (χ0v) is 36.2. The Hall–Kier alpha value is -1.18. The van der Waals surface area contributed by atoms with E-state index in [1.165, 1.54) is 109 Å². The van der Waals surface area contributed by atoms with Gasteiger partial charge in [0.15, 0.2) is 0 Å². The van der Waals surface area contributed by atoms with Crippen LogP contribution < -0.4 is 0 Å². The fraction of sp³-hybridized carbons (Fsp3) is 0.522. The van der Waals surface area contributed by atoms with Crippen LogP contribution in [0.15, 0.2) is 71.8 Å². The molecule has 5 fully saturated rings. The average Bonchev–Trinajstić information content (AvgIpc) is 3.85. The van der Waals surface area contributed by atoms with Crippen LogP contribution in [0.3, 0.4) is 0 Å². The fourth-order valence-corrected chi connectivity index (χ4v) is 45.1. The molecule has 0 nitrogen and oxygen atoms in total. The first kappa shape index (κ1) is 34.6. The third kappa shape index (κ3) is 5.10. The predicted molar refractivity (Wildman–Crippen MR) is 217 cm³/mol. The molecule has 7 aliphatic rings. The molecule has 3 unspecified atom stereocenters. The molecule has 0 heterocycles. The second kappa shape index (κ2) is 12.4. The van der Waals surface area contributed by atoms with Gasteiger partial charge in [0.05, 0.1) is 0 Å². The molecular formula is C46H57Cl2SiZr. The van der Waals surface area contributed by atoms with Crippen LogP contribution in [0.4, 0.5) is 0 Å². The predicted octanol–water partition coefficient (Wildman–Crippen LogP) is 14.1. The van der Waals surface area contributed by atoms with Crippen molar-refractivity contribution < 1.29 is 15.6 Å². The van der Waals surface area contributed by atoms with Crippen molar-refractivity contribution in [3.63, 3.8) is 0 Å². The van der Waals surface area contributed by atoms with Crippen molar-refractivity contribution in [2.24, 2.45) is 23.7 Å². The molecule has 263 valence electrons. The summed E-state index contributed by atoms with van der Waals surface area (Å²) >= 11 is -4.76. The van der Waals surface area contributed by atoms with Gasteiger partial charge in [-0.2, -0.15) is 0 Å². The summed E-state index contributed by atoms with van der Waals surface area (Å²) in [6, 6.07) is 24.1. The van der Waals surface area contributed by atoms with Crippen molar-refractivity contribution in [3.05, 3.63) is 105 Å². The Morgan fingerprint density at radius 1 is 0.780 bits per heavy atom. The second-order valence-electron chi connectivity index (χ2n) is 18.5. The number of hydrogen-bond donors (Lipinski definition) is 0. The maximum atomic E-state index is 8.76. The summed E-state index contributed by atoms with van der Waals surface area (Å²) in [5, 5.41) is 0. The summed E-state index contributed by atoms with van der Waals surface area (Å²) in [5.41, 5.74) is 15.0. The Balaban J connectivity index is 1.13.